The van der Waals surface area contributed by atoms with Crippen LogP contribution >= 0.6 is 11.6 Å². The van der Waals surface area contributed by atoms with Crippen LogP contribution in [0.2, 0.25) is 5.02 Å². The van der Waals surface area contributed by atoms with E-state index >= 15 is 0 Å². The zero-order valence-electron chi connectivity index (χ0n) is 9.09. The van der Waals surface area contributed by atoms with Crippen LogP contribution in [-0.4, -0.2) is 18.4 Å². The molecule has 15 heavy (non-hydrogen) atoms. The second-order valence-electron chi connectivity index (χ2n) is 4.39. The minimum Gasteiger partial charge on any atom is -0.359 e. The predicted molar refractivity (Wildman–Crippen MR) is 62.1 cm³/mol. The van der Waals surface area contributed by atoms with E-state index in [-0.39, 0.29) is 5.72 Å². The third-order valence-corrected chi connectivity index (χ3v) is 2.87. The summed E-state index contributed by atoms with van der Waals surface area (Å²) in [5.74, 6) is 0. The van der Waals surface area contributed by atoms with Crippen molar-refractivity contribution in [1.82, 2.24) is 5.32 Å². The predicted octanol–water partition coefficient (Wildman–Crippen LogP) is 2.61. The lowest BCUT2D eigenvalue weighted by molar-refractivity contribution is 0.00691. The Bertz CT molecular complexity index is 355. The second-order valence-corrected chi connectivity index (χ2v) is 4.83. The zero-order chi connectivity index (χ0) is 10.9. The number of benzene rings is 1. The minimum atomic E-state index is -0.246. The lowest BCUT2D eigenvalue weighted by Crippen LogP contribution is -2.42. The lowest BCUT2D eigenvalue weighted by Gasteiger charge is -2.24. The molecule has 0 amide bonds. The molecule has 1 saturated heterocycles. The van der Waals surface area contributed by atoms with Gasteiger partial charge >= 0.3 is 0 Å². The summed E-state index contributed by atoms with van der Waals surface area (Å²) in [6.07, 6.45) is 0.845. The molecule has 0 saturated carbocycles. The average molecular weight is 226 g/mol. The Morgan fingerprint density at radius 3 is 3.00 bits per heavy atom. The van der Waals surface area contributed by atoms with Crippen LogP contribution in [0.3, 0.4) is 0 Å². The summed E-state index contributed by atoms with van der Waals surface area (Å²) in [6.45, 7) is 4.98. The maximum Gasteiger partial charge on any atom is 0.120 e. The van der Waals surface area contributed by atoms with Crippen LogP contribution in [0.5, 0.6) is 0 Å². The van der Waals surface area contributed by atoms with E-state index in [4.69, 9.17) is 16.3 Å². The summed E-state index contributed by atoms with van der Waals surface area (Å²) in [7, 11) is 0. The van der Waals surface area contributed by atoms with Crippen LogP contribution in [-0.2, 0) is 11.2 Å². The van der Waals surface area contributed by atoms with Crippen molar-refractivity contribution in [2.24, 2.45) is 0 Å². The molecule has 0 bridgehead atoms. The maximum absolute atomic E-state index is 5.94. The Kier molecular flexibility index (Phi) is 3.01. The number of rotatable bonds is 2. The highest BCUT2D eigenvalue weighted by Gasteiger charge is 2.33. The summed E-state index contributed by atoms with van der Waals surface area (Å²) in [6, 6.07) is 8.35. The molecule has 2 nitrogen and oxygen atoms in total. The van der Waals surface area contributed by atoms with Gasteiger partial charge in [0.1, 0.15) is 5.72 Å². The first-order chi connectivity index (χ1) is 7.07. The van der Waals surface area contributed by atoms with Gasteiger partial charge in [-0.2, -0.15) is 0 Å². The van der Waals surface area contributed by atoms with Gasteiger partial charge in [-0.1, -0.05) is 23.7 Å². The highest BCUT2D eigenvalue weighted by Crippen LogP contribution is 2.22. The van der Waals surface area contributed by atoms with Gasteiger partial charge < -0.3 is 4.74 Å². The topological polar surface area (TPSA) is 21.3 Å². The number of halogens is 1. The largest absolute Gasteiger partial charge is 0.359 e. The first-order valence-electron chi connectivity index (χ1n) is 5.23. The van der Waals surface area contributed by atoms with Crippen molar-refractivity contribution in [2.75, 3.05) is 6.61 Å². The first-order valence-corrected chi connectivity index (χ1v) is 5.61. The van der Waals surface area contributed by atoms with Crippen molar-refractivity contribution in [1.29, 1.82) is 0 Å². The fourth-order valence-corrected chi connectivity index (χ4v) is 2.26. The van der Waals surface area contributed by atoms with E-state index in [9.17, 15) is 0 Å². The van der Waals surface area contributed by atoms with Gasteiger partial charge in [0.2, 0.25) is 0 Å². The molecular weight excluding hydrogens is 210 g/mol. The number of ether oxygens (including phenoxy) is 1. The van der Waals surface area contributed by atoms with E-state index < -0.39 is 0 Å². The van der Waals surface area contributed by atoms with Gasteiger partial charge in [0.15, 0.2) is 0 Å². The standard InChI is InChI=1S/C12H16ClNO/c1-9-8-15-12(2,14-9)7-10-4-3-5-11(13)6-10/h3-6,9,14H,7-8H2,1-2H3. The molecule has 1 heterocycles. The molecule has 2 unspecified atom stereocenters. The molecule has 1 N–H and O–H groups in total. The summed E-state index contributed by atoms with van der Waals surface area (Å²) in [4.78, 5) is 0. The van der Waals surface area contributed by atoms with Gasteiger partial charge in [0.05, 0.1) is 6.61 Å². The van der Waals surface area contributed by atoms with Crippen LogP contribution in [0, 0.1) is 0 Å². The molecule has 1 aromatic rings. The molecular formula is C12H16ClNO. The molecule has 2 atom stereocenters. The van der Waals surface area contributed by atoms with Crippen LogP contribution in [0.25, 0.3) is 0 Å². The monoisotopic (exact) mass is 225 g/mol. The first kappa shape index (κ1) is 10.9. The lowest BCUT2D eigenvalue weighted by atomic mass is 10.0. The fraction of sp³-hybridized carbons (Fsp3) is 0.500. The second kappa shape index (κ2) is 4.12. The smallest absolute Gasteiger partial charge is 0.120 e. The summed E-state index contributed by atoms with van der Waals surface area (Å²) in [5.41, 5.74) is 0.955. The van der Waals surface area contributed by atoms with E-state index in [1.807, 2.05) is 18.2 Å². The molecule has 0 radical (unpaired) electrons. The molecule has 1 aliphatic heterocycles. The summed E-state index contributed by atoms with van der Waals surface area (Å²) < 4.78 is 5.74. The molecule has 0 aromatic heterocycles. The summed E-state index contributed by atoms with van der Waals surface area (Å²) in [5, 5.41) is 4.21. The van der Waals surface area contributed by atoms with Crippen molar-refractivity contribution in [3.05, 3.63) is 34.9 Å². The molecule has 2 rings (SSSR count). The number of nitrogens with one attached hydrogen (secondary N) is 1. The van der Waals surface area contributed by atoms with Crippen molar-refractivity contribution >= 4 is 11.6 Å². The molecule has 1 fully saturated rings. The highest BCUT2D eigenvalue weighted by atomic mass is 35.5. The maximum atomic E-state index is 5.94. The van der Waals surface area contributed by atoms with Gasteiger partial charge in [-0.25, -0.2) is 0 Å². The van der Waals surface area contributed by atoms with Crippen LogP contribution in [0.15, 0.2) is 24.3 Å². The van der Waals surface area contributed by atoms with E-state index in [0.29, 0.717) is 6.04 Å². The Morgan fingerprint density at radius 1 is 1.60 bits per heavy atom. The van der Waals surface area contributed by atoms with Crippen LogP contribution in [0.4, 0.5) is 0 Å². The van der Waals surface area contributed by atoms with Gasteiger partial charge in [0.25, 0.3) is 0 Å². The van der Waals surface area contributed by atoms with Gasteiger partial charge in [-0.3, -0.25) is 5.32 Å². The van der Waals surface area contributed by atoms with Crippen LogP contribution in [0.1, 0.15) is 19.4 Å². The van der Waals surface area contributed by atoms with Gasteiger partial charge in [-0.15, -0.1) is 0 Å². The Balaban J connectivity index is 2.08. The molecule has 3 heteroatoms. The third-order valence-electron chi connectivity index (χ3n) is 2.63. The quantitative estimate of drug-likeness (QED) is 0.836. The highest BCUT2D eigenvalue weighted by molar-refractivity contribution is 6.30. The molecule has 1 aliphatic rings. The Morgan fingerprint density at radius 2 is 2.40 bits per heavy atom. The Labute approximate surface area is 95.6 Å². The fourth-order valence-electron chi connectivity index (χ4n) is 2.05. The molecule has 0 aliphatic carbocycles. The minimum absolute atomic E-state index is 0.246. The molecule has 0 spiro atoms. The van der Waals surface area contributed by atoms with Gasteiger partial charge in [0, 0.05) is 17.5 Å². The van der Waals surface area contributed by atoms with Crippen molar-refractivity contribution in [2.45, 2.75) is 32.0 Å². The Hall–Kier alpha value is -0.570. The molecule has 1 aromatic carbocycles. The summed E-state index contributed by atoms with van der Waals surface area (Å²) >= 11 is 5.94. The van der Waals surface area contributed by atoms with Gasteiger partial charge in [-0.05, 0) is 31.5 Å². The van der Waals surface area contributed by atoms with E-state index in [2.05, 4.69) is 25.2 Å². The third kappa shape index (κ3) is 2.71. The molecule has 82 valence electrons. The van der Waals surface area contributed by atoms with Crippen molar-refractivity contribution in [3.63, 3.8) is 0 Å². The van der Waals surface area contributed by atoms with Crippen molar-refractivity contribution < 1.29 is 4.74 Å². The van der Waals surface area contributed by atoms with Crippen LogP contribution < -0.4 is 5.32 Å². The van der Waals surface area contributed by atoms with E-state index in [0.717, 1.165) is 18.1 Å². The van der Waals surface area contributed by atoms with E-state index in [1.54, 1.807) is 0 Å². The number of hydrogen-bond acceptors (Lipinski definition) is 2. The average Bonchev–Trinajstić information content (AvgIpc) is 2.45. The van der Waals surface area contributed by atoms with Crippen molar-refractivity contribution in [3.8, 4) is 0 Å². The normalized spacial score (nSPS) is 30.7. The number of hydrogen-bond donors (Lipinski definition) is 1. The van der Waals surface area contributed by atoms with E-state index in [1.165, 1.54) is 5.56 Å². The zero-order valence-corrected chi connectivity index (χ0v) is 9.84. The SMILES string of the molecule is CC1COC(C)(Cc2cccc(Cl)c2)N1.